The van der Waals surface area contributed by atoms with E-state index in [1.807, 2.05) is 54.6 Å². The number of ketones is 1. The van der Waals surface area contributed by atoms with Gasteiger partial charge in [0.15, 0.2) is 5.78 Å². The first kappa shape index (κ1) is 12.7. The predicted octanol–water partition coefficient (Wildman–Crippen LogP) is 3.78. The molecule has 0 amide bonds. The lowest BCUT2D eigenvalue weighted by molar-refractivity contribution is 0.0770. The molecule has 0 bridgehead atoms. The minimum absolute atomic E-state index is 0.116. The van der Waals surface area contributed by atoms with Gasteiger partial charge in [-0.2, -0.15) is 0 Å². The van der Waals surface area contributed by atoms with Gasteiger partial charge in [-0.05, 0) is 24.1 Å². The summed E-state index contributed by atoms with van der Waals surface area (Å²) in [5, 5.41) is 0. The number of Topliss-reactive ketones (excluding diaryl/α,β-unsaturated/α-hetero) is 1. The van der Waals surface area contributed by atoms with Crippen LogP contribution in [0.4, 0.5) is 0 Å². The number of fused-ring (bicyclic) bond motifs is 1. The van der Waals surface area contributed by atoms with Crippen LogP contribution in [-0.2, 0) is 5.41 Å². The summed E-state index contributed by atoms with van der Waals surface area (Å²) in [5.74, 6) is 0.790. The zero-order valence-electron chi connectivity index (χ0n) is 11.2. The fraction of sp³-hybridized carbons (Fsp3) is 0.167. The zero-order chi connectivity index (χ0) is 14.0. The van der Waals surface area contributed by atoms with Crippen molar-refractivity contribution in [1.82, 2.24) is 0 Å². The van der Waals surface area contributed by atoms with Gasteiger partial charge < -0.3 is 4.74 Å². The molecule has 0 aromatic heterocycles. The largest absolute Gasteiger partial charge is 0.491 e. The monoisotopic (exact) mass is 264 g/mol. The first-order valence-electron chi connectivity index (χ1n) is 6.71. The Morgan fingerprint density at radius 3 is 2.55 bits per heavy atom. The number of hydrogen-bond acceptors (Lipinski definition) is 2. The molecule has 100 valence electrons. The lowest BCUT2D eigenvalue weighted by atomic mass is 9.71. The van der Waals surface area contributed by atoms with E-state index in [0.29, 0.717) is 24.3 Å². The number of para-hydroxylation sites is 1. The number of benzene rings is 2. The second kappa shape index (κ2) is 4.97. The van der Waals surface area contributed by atoms with Gasteiger partial charge >= 0.3 is 0 Å². The van der Waals surface area contributed by atoms with E-state index in [-0.39, 0.29) is 5.78 Å². The van der Waals surface area contributed by atoms with Crippen molar-refractivity contribution < 1.29 is 9.53 Å². The van der Waals surface area contributed by atoms with Gasteiger partial charge in [0.05, 0.1) is 11.0 Å². The lowest BCUT2D eigenvalue weighted by Crippen LogP contribution is -2.44. The quantitative estimate of drug-likeness (QED) is 0.789. The summed E-state index contributed by atoms with van der Waals surface area (Å²) in [7, 11) is 0. The van der Waals surface area contributed by atoms with E-state index in [0.717, 1.165) is 5.56 Å². The highest BCUT2D eigenvalue weighted by Crippen LogP contribution is 2.39. The second-order valence-electron chi connectivity index (χ2n) is 5.05. The minimum atomic E-state index is -0.655. The van der Waals surface area contributed by atoms with Gasteiger partial charge in [-0.15, -0.1) is 6.58 Å². The fourth-order valence-corrected chi connectivity index (χ4v) is 2.79. The molecular weight excluding hydrogens is 248 g/mol. The van der Waals surface area contributed by atoms with Gasteiger partial charge in [-0.3, -0.25) is 4.79 Å². The summed E-state index contributed by atoms with van der Waals surface area (Å²) < 4.78 is 5.85. The van der Waals surface area contributed by atoms with Crippen molar-refractivity contribution in [1.29, 1.82) is 0 Å². The van der Waals surface area contributed by atoms with Gasteiger partial charge in [0, 0.05) is 0 Å². The molecule has 0 fully saturated rings. The third-order valence-corrected chi connectivity index (χ3v) is 3.86. The Morgan fingerprint density at radius 1 is 1.10 bits per heavy atom. The molecule has 1 heterocycles. The summed E-state index contributed by atoms with van der Waals surface area (Å²) in [5.41, 5.74) is 0.987. The van der Waals surface area contributed by atoms with Crippen molar-refractivity contribution in [2.75, 3.05) is 6.61 Å². The number of allylic oxidation sites excluding steroid dienone is 1. The van der Waals surface area contributed by atoms with Crippen LogP contribution in [-0.4, -0.2) is 12.4 Å². The number of rotatable bonds is 3. The standard InChI is InChI=1S/C18H16O2/c1-2-12-18(14-8-4-3-5-9-14)13-20-16-11-7-6-10-15(16)17(18)19/h2-11H,1,12-13H2/t18-/m0/s1. The molecule has 1 atom stereocenters. The number of carbonyl (C=O) groups is 1. The summed E-state index contributed by atoms with van der Waals surface area (Å²) in [6.07, 6.45) is 2.37. The van der Waals surface area contributed by atoms with Crippen LogP contribution >= 0.6 is 0 Å². The zero-order valence-corrected chi connectivity index (χ0v) is 11.2. The third kappa shape index (κ3) is 1.85. The van der Waals surface area contributed by atoms with Crippen molar-refractivity contribution in [3.8, 4) is 5.75 Å². The van der Waals surface area contributed by atoms with Crippen LogP contribution in [0.2, 0.25) is 0 Å². The van der Waals surface area contributed by atoms with Gasteiger partial charge in [0.1, 0.15) is 12.4 Å². The number of hydrogen-bond donors (Lipinski definition) is 0. The number of ether oxygens (including phenoxy) is 1. The van der Waals surface area contributed by atoms with Crippen LogP contribution in [0, 0.1) is 0 Å². The summed E-state index contributed by atoms with van der Waals surface area (Å²) in [4.78, 5) is 13.0. The Bertz CT molecular complexity index is 645. The first-order valence-corrected chi connectivity index (χ1v) is 6.71. The van der Waals surface area contributed by atoms with E-state index in [4.69, 9.17) is 4.74 Å². The highest BCUT2D eigenvalue weighted by atomic mass is 16.5. The molecule has 0 unspecified atom stereocenters. The van der Waals surface area contributed by atoms with Crippen molar-refractivity contribution >= 4 is 5.78 Å². The Balaban J connectivity index is 2.14. The second-order valence-corrected chi connectivity index (χ2v) is 5.05. The summed E-state index contributed by atoms with van der Waals surface area (Å²) >= 11 is 0. The summed E-state index contributed by atoms with van der Waals surface area (Å²) in [6, 6.07) is 17.3. The molecule has 2 aromatic carbocycles. The van der Waals surface area contributed by atoms with Crippen molar-refractivity contribution in [3.63, 3.8) is 0 Å². The Labute approximate surface area is 118 Å². The minimum Gasteiger partial charge on any atom is -0.491 e. The molecule has 0 spiro atoms. The SMILES string of the molecule is C=CC[C@@]1(c2ccccc2)COc2ccccc2C1=O. The molecule has 0 radical (unpaired) electrons. The molecular formula is C18H16O2. The molecule has 0 N–H and O–H groups in total. The maximum Gasteiger partial charge on any atom is 0.180 e. The van der Waals surface area contributed by atoms with E-state index >= 15 is 0 Å². The molecule has 0 saturated carbocycles. The maximum absolute atomic E-state index is 13.0. The maximum atomic E-state index is 13.0. The molecule has 2 nitrogen and oxygen atoms in total. The average Bonchev–Trinajstić information content (AvgIpc) is 2.51. The molecule has 2 heteroatoms. The molecule has 0 saturated heterocycles. The van der Waals surface area contributed by atoms with E-state index in [2.05, 4.69) is 6.58 Å². The highest BCUT2D eigenvalue weighted by molar-refractivity contribution is 6.07. The van der Waals surface area contributed by atoms with Gasteiger partial charge in [0.25, 0.3) is 0 Å². The van der Waals surface area contributed by atoms with Crippen molar-refractivity contribution in [2.45, 2.75) is 11.8 Å². The van der Waals surface area contributed by atoms with Crippen LogP contribution < -0.4 is 4.74 Å². The molecule has 1 aliphatic heterocycles. The normalized spacial score (nSPS) is 20.9. The summed E-state index contributed by atoms with van der Waals surface area (Å²) in [6.45, 7) is 4.17. The predicted molar refractivity (Wildman–Crippen MR) is 79.2 cm³/mol. The molecule has 2 aromatic rings. The van der Waals surface area contributed by atoms with Gasteiger partial charge in [-0.1, -0.05) is 48.5 Å². The first-order chi connectivity index (χ1) is 9.78. The van der Waals surface area contributed by atoms with E-state index in [9.17, 15) is 4.79 Å². The smallest absolute Gasteiger partial charge is 0.180 e. The Hall–Kier alpha value is -2.35. The van der Waals surface area contributed by atoms with Crippen LogP contribution in [0.5, 0.6) is 5.75 Å². The van der Waals surface area contributed by atoms with Gasteiger partial charge in [0.2, 0.25) is 0 Å². The highest BCUT2D eigenvalue weighted by Gasteiger charge is 2.44. The average molecular weight is 264 g/mol. The van der Waals surface area contributed by atoms with E-state index < -0.39 is 5.41 Å². The molecule has 3 rings (SSSR count). The fourth-order valence-electron chi connectivity index (χ4n) is 2.79. The van der Waals surface area contributed by atoms with Crippen LogP contribution in [0.25, 0.3) is 0 Å². The Kier molecular flexibility index (Phi) is 3.15. The van der Waals surface area contributed by atoms with E-state index in [1.54, 1.807) is 6.08 Å². The third-order valence-electron chi connectivity index (χ3n) is 3.86. The topological polar surface area (TPSA) is 26.3 Å². The van der Waals surface area contributed by atoms with Crippen LogP contribution in [0.3, 0.4) is 0 Å². The van der Waals surface area contributed by atoms with E-state index in [1.165, 1.54) is 0 Å². The molecule has 20 heavy (non-hydrogen) atoms. The number of carbonyl (C=O) groups excluding carboxylic acids is 1. The Morgan fingerprint density at radius 2 is 1.80 bits per heavy atom. The molecule has 1 aliphatic rings. The van der Waals surface area contributed by atoms with Crippen LogP contribution in [0.15, 0.2) is 67.3 Å². The van der Waals surface area contributed by atoms with Gasteiger partial charge in [-0.25, -0.2) is 0 Å². The molecule has 0 aliphatic carbocycles. The van der Waals surface area contributed by atoms with Crippen LogP contribution in [0.1, 0.15) is 22.3 Å². The van der Waals surface area contributed by atoms with Crippen molar-refractivity contribution in [2.24, 2.45) is 0 Å². The lowest BCUT2D eigenvalue weighted by Gasteiger charge is -2.36. The van der Waals surface area contributed by atoms with Crippen molar-refractivity contribution in [3.05, 3.63) is 78.4 Å².